The van der Waals surface area contributed by atoms with Gasteiger partial charge in [0, 0.05) is 18.5 Å². The number of benzene rings is 1. The van der Waals surface area contributed by atoms with Gasteiger partial charge in [0.15, 0.2) is 0 Å². The molecule has 1 unspecified atom stereocenters. The van der Waals surface area contributed by atoms with Crippen molar-refractivity contribution in [2.45, 2.75) is 12.5 Å². The molecule has 0 radical (unpaired) electrons. The van der Waals surface area contributed by atoms with Crippen molar-refractivity contribution in [1.29, 1.82) is 0 Å². The number of nitrogens with zero attached hydrogens (tertiary/aromatic N) is 1. The van der Waals surface area contributed by atoms with E-state index in [1.54, 1.807) is 18.2 Å². The van der Waals surface area contributed by atoms with Gasteiger partial charge in [-0.05, 0) is 23.8 Å². The second-order valence-corrected chi connectivity index (χ2v) is 5.01. The number of carbonyl (C=O) groups excluding carboxylic acids is 2. The fourth-order valence-electron chi connectivity index (χ4n) is 2.56. The molecule has 1 fully saturated rings. The van der Waals surface area contributed by atoms with Gasteiger partial charge in [-0.15, -0.1) is 0 Å². The van der Waals surface area contributed by atoms with Crippen LogP contribution in [0.4, 0.5) is 0 Å². The van der Waals surface area contributed by atoms with Crippen molar-refractivity contribution >= 4 is 17.8 Å². The summed E-state index contributed by atoms with van der Waals surface area (Å²) in [6, 6.07) is 3.96. The summed E-state index contributed by atoms with van der Waals surface area (Å²) in [6.45, 7) is 0.258. The summed E-state index contributed by atoms with van der Waals surface area (Å²) >= 11 is 0. The number of nitrogens with one attached hydrogen (secondary N) is 1. The van der Waals surface area contributed by atoms with Gasteiger partial charge >= 0.3 is 5.97 Å². The maximum absolute atomic E-state index is 12.5. The van der Waals surface area contributed by atoms with Gasteiger partial charge in [0.25, 0.3) is 5.91 Å². The smallest absolute Gasteiger partial charge is 0.328 e. The first-order valence-electron chi connectivity index (χ1n) is 6.62. The van der Waals surface area contributed by atoms with E-state index in [4.69, 9.17) is 4.74 Å². The van der Waals surface area contributed by atoms with E-state index in [0.717, 1.165) is 22.6 Å². The Kier molecular flexibility index (Phi) is 3.25. The molecule has 2 heterocycles. The number of aliphatic carboxylic acids is 1. The molecule has 7 heteroatoms. The van der Waals surface area contributed by atoms with E-state index < -0.39 is 17.9 Å². The van der Waals surface area contributed by atoms with Crippen LogP contribution in [-0.4, -0.2) is 53.5 Å². The van der Waals surface area contributed by atoms with Gasteiger partial charge in [-0.3, -0.25) is 9.59 Å². The molecule has 1 atom stereocenters. The van der Waals surface area contributed by atoms with Crippen molar-refractivity contribution in [3.05, 3.63) is 29.3 Å². The Bertz CT molecular complexity index is 628. The molecule has 7 nitrogen and oxygen atoms in total. The molecule has 1 aromatic rings. The summed E-state index contributed by atoms with van der Waals surface area (Å²) in [5.41, 5.74) is 1.30. The second-order valence-electron chi connectivity index (χ2n) is 5.01. The Morgan fingerprint density at radius 2 is 2.19 bits per heavy atom. The Morgan fingerprint density at radius 1 is 1.38 bits per heavy atom. The van der Waals surface area contributed by atoms with E-state index in [0.29, 0.717) is 12.2 Å². The molecule has 3 rings (SSSR count). The van der Waals surface area contributed by atoms with Gasteiger partial charge < -0.3 is 20.1 Å². The van der Waals surface area contributed by atoms with Crippen LogP contribution in [0.3, 0.4) is 0 Å². The standard InChI is InChI=1S/C14H14N2O5/c17-12-7-16(10(6-15-12)14(19)20)13(18)9-1-2-11-8(5-9)3-4-21-11/h1-2,5,10H,3-4,6-7H2,(H,15,17)(H,19,20). The first-order valence-corrected chi connectivity index (χ1v) is 6.62. The first-order chi connectivity index (χ1) is 10.1. The van der Waals surface area contributed by atoms with Crippen LogP contribution in [-0.2, 0) is 16.0 Å². The predicted molar refractivity (Wildman–Crippen MR) is 71.1 cm³/mol. The Hall–Kier alpha value is -2.57. The number of amides is 2. The van der Waals surface area contributed by atoms with Crippen LogP contribution in [0.25, 0.3) is 0 Å². The minimum absolute atomic E-state index is 0.0754. The number of carboxylic acids is 1. The molecular weight excluding hydrogens is 276 g/mol. The molecule has 0 saturated carbocycles. The van der Waals surface area contributed by atoms with Gasteiger partial charge in [-0.25, -0.2) is 4.79 Å². The van der Waals surface area contributed by atoms with Crippen LogP contribution in [0.5, 0.6) is 5.75 Å². The number of carbonyl (C=O) groups is 3. The van der Waals surface area contributed by atoms with Crippen LogP contribution in [0.1, 0.15) is 15.9 Å². The van der Waals surface area contributed by atoms with Gasteiger partial charge in [-0.2, -0.15) is 0 Å². The highest BCUT2D eigenvalue weighted by molar-refractivity contribution is 6.00. The Morgan fingerprint density at radius 3 is 2.95 bits per heavy atom. The number of piperazine rings is 1. The minimum Gasteiger partial charge on any atom is -0.493 e. The quantitative estimate of drug-likeness (QED) is 0.776. The lowest BCUT2D eigenvalue weighted by Gasteiger charge is -2.32. The third kappa shape index (κ3) is 2.42. The fraction of sp³-hybridized carbons (Fsp3) is 0.357. The zero-order chi connectivity index (χ0) is 15.0. The second kappa shape index (κ2) is 5.08. The zero-order valence-corrected chi connectivity index (χ0v) is 11.2. The molecule has 21 heavy (non-hydrogen) atoms. The van der Waals surface area contributed by atoms with Gasteiger partial charge in [-0.1, -0.05) is 0 Å². The monoisotopic (exact) mass is 290 g/mol. The van der Waals surface area contributed by atoms with Gasteiger partial charge in [0.2, 0.25) is 5.91 Å². The SMILES string of the molecule is O=C1CN(C(=O)c2ccc3c(c2)CCO3)C(C(=O)O)CN1. The van der Waals surface area contributed by atoms with Crippen molar-refractivity contribution in [2.75, 3.05) is 19.7 Å². The van der Waals surface area contributed by atoms with Crippen molar-refractivity contribution in [1.82, 2.24) is 10.2 Å². The summed E-state index contributed by atoms with van der Waals surface area (Å²) in [5.74, 6) is -1.19. The molecule has 2 aliphatic rings. The van der Waals surface area contributed by atoms with Gasteiger partial charge in [0.1, 0.15) is 18.3 Å². The molecule has 0 bridgehead atoms. The fourth-order valence-corrected chi connectivity index (χ4v) is 2.56. The Labute approximate surface area is 120 Å². The molecule has 0 aliphatic carbocycles. The summed E-state index contributed by atoms with van der Waals surface area (Å²) in [5, 5.41) is 11.6. The van der Waals surface area contributed by atoms with E-state index in [-0.39, 0.29) is 19.0 Å². The number of hydrogen-bond acceptors (Lipinski definition) is 4. The molecule has 110 valence electrons. The van der Waals surface area contributed by atoms with Crippen molar-refractivity contribution < 1.29 is 24.2 Å². The predicted octanol–water partition coefficient (Wildman–Crippen LogP) is -0.353. The van der Waals surface area contributed by atoms with Crippen molar-refractivity contribution in [3.63, 3.8) is 0 Å². The van der Waals surface area contributed by atoms with Crippen molar-refractivity contribution in [2.24, 2.45) is 0 Å². The normalized spacial score (nSPS) is 20.5. The molecule has 0 aromatic heterocycles. The number of fused-ring (bicyclic) bond motifs is 1. The third-order valence-electron chi connectivity index (χ3n) is 3.67. The third-order valence-corrected chi connectivity index (χ3v) is 3.67. The van der Waals surface area contributed by atoms with E-state index in [1.165, 1.54) is 0 Å². The minimum atomic E-state index is -1.13. The maximum Gasteiger partial charge on any atom is 0.328 e. The number of rotatable bonds is 2. The lowest BCUT2D eigenvalue weighted by molar-refractivity contribution is -0.144. The van der Waals surface area contributed by atoms with Crippen molar-refractivity contribution in [3.8, 4) is 5.75 Å². The topological polar surface area (TPSA) is 95.9 Å². The van der Waals surface area contributed by atoms with Crippen LogP contribution in [0.15, 0.2) is 18.2 Å². The molecule has 1 aromatic carbocycles. The van der Waals surface area contributed by atoms with Crippen LogP contribution in [0, 0.1) is 0 Å². The number of hydrogen-bond donors (Lipinski definition) is 2. The van der Waals surface area contributed by atoms with Crippen LogP contribution >= 0.6 is 0 Å². The summed E-state index contributed by atoms with van der Waals surface area (Å²) < 4.78 is 5.37. The first kappa shape index (κ1) is 13.4. The summed E-state index contributed by atoms with van der Waals surface area (Å²) in [4.78, 5) is 36.3. The van der Waals surface area contributed by atoms with E-state index >= 15 is 0 Å². The highest BCUT2D eigenvalue weighted by Crippen LogP contribution is 2.26. The molecule has 1 saturated heterocycles. The number of carboxylic acid groups (broad SMARTS) is 1. The van der Waals surface area contributed by atoms with Gasteiger partial charge in [0.05, 0.1) is 6.61 Å². The Balaban J connectivity index is 1.88. The number of ether oxygens (including phenoxy) is 1. The van der Waals surface area contributed by atoms with E-state index in [2.05, 4.69) is 5.32 Å². The molecule has 2 aliphatic heterocycles. The van der Waals surface area contributed by atoms with Crippen LogP contribution < -0.4 is 10.1 Å². The lowest BCUT2D eigenvalue weighted by Crippen LogP contribution is -2.59. The highest BCUT2D eigenvalue weighted by Gasteiger charge is 2.35. The molecule has 0 spiro atoms. The maximum atomic E-state index is 12.5. The average Bonchev–Trinajstić information content (AvgIpc) is 2.93. The zero-order valence-electron chi connectivity index (χ0n) is 11.2. The highest BCUT2D eigenvalue weighted by atomic mass is 16.5. The largest absolute Gasteiger partial charge is 0.493 e. The average molecular weight is 290 g/mol. The van der Waals surface area contributed by atoms with E-state index in [1.807, 2.05) is 0 Å². The molecule has 2 amide bonds. The summed E-state index contributed by atoms with van der Waals surface area (Å²) in [6.07, 6.45) is 0.722. The molecule has 2 N–H and O–H groups in total. The van der Waals surface area contributed by atoms with E-state index in [9.17, 15) is 19.5 Å². The molecular formula is C14H14N2O5. The lowest BCUT2D eigenvalue weighted by atomic mass is 10.1. The summed E-state index contributed by atoms with van der Waals surface area (Å²) in [7, 11) is 0. The van der Waals surface area contributed by atoms with Crippen LogP contribution in [0.2, 0.25) is 0 Å².